The van der Waals surface area contributed by atoms with Crippen LogP contribution in [0, 0.1) is 5.92 Å². The number of carbonyl (C=O) groups is 5. The van der Waals surface area contributed by atoms with Crippen LogP contribution in [0.15, 0.2) is 35.3 Å². The molecule has 2 aliphatic heterocycles. The van der Waals surface area contributed by atoms with E-state index < -0.39 is 60.5 Å². The molecule has 1 aromatic rings. The normalized spacial score (nSPS) is 25.2. The summed E-state index contributed by atoms with van der Waals surface area (Å²) in [6.45, 7) is -0.291. The topological polar surface area (TPSA) is 247 Å². The largest absolute Gasteiger partial charge is 0.480 e. The van der Waals surface area contributed by atoms with Crippen LogP contribution >= 0.6 is 0 Å². The van der Waals surface area contributed by atoms with Gasteiger partial charge in [0.1, 0.15) is 18.1 Å². The number of aliphatic hydroxyl groups excluding tert-OH is 1. The number of aliphatic carboxylic acids is 1. The molecule has 3 aliphatic rings. The van der Waals surface area contributed by atoms with E-state index in [1.165, 1.54) is 4.90 Å². The lowest BCUT2D eigenvalue weighted by Crippen LogP contribution is -2.57. The molecule has 10 N–H and O–H groups in total. The molecular weight excluding hydrogens is 596 g/mol. The molecule has 1 aliphatic carbocycles. The fraction of sp³-hybridized carbons (Fsp3) is 0.613. The number of guanidine groups is 1. The molecule has 15 heteroatoms. The van der Waals surface area contributed by atoms with Crippen molar-refractivity contribution in [1.29, 1.82) is 0 Å². The molecule has 252 valence electrons. The molecule has 1 aromatic carbocycles. The number of fused-ring (bicyclic) bond motifs is 1. The van der Waals surface area contributed by atoms with Crippen molar-refractivity contribution in [3.05, 3.63) is 35.9 Å². The van der Waals surface area contributed by atoms with Crippen LogP contribution in [-0.4, -0.2) is 112 Å². The minimum absolute atomic E-state index is 0.0389. The van der Waals surface area contributed by atoms with Gasteiger partial charge in [-0.15, -0.1) is 0 Å². The van der Waals surface area contributed by atoms with E-state index in [4.69, 9.17) is 17.2 Å². The van der Waals surface area contributed by atoms with E-state index in [0.717, 1.165) is 31.2 Å². The number of benzene rings is 1. The molecule has 2 heterocycles. The lowest BCUT2D eigenvalue weighted by molar-refractivity contribution is -0.149. The number of hydrogen-bond donors (Lipinski definition) is 7. The van der Waals surface area contributed by atoms with E-state index in [0.29, 0.717) is 25.8 Å². The fourth-order valence-electron chi connectivity index (χ4n) is 6.91. The lowest BCUT2D eigenvalue weighted by Gasteiger charge is -2.36. The van der Waals surface area contributed by atoms with Crippen LogP contribution in [0.1, 0.15) is 56.9 Å². The van der Waals surface area contributed by atoms with Crippen LogP contribution in [0.2, 0.25) is 0 Å². The number of carboxylic acids is 1. The Morgan fingerprint density at radius 1 is 1.02 bits per heavy atom. The van der Waals surface area contributed by atoms with Crippen molar-refractivity contribution in [2.24, 2.45) is 28.1 Å². The maximum Gasteiger partial charge on any atom is 0.326 e. The summed E-state index contributed by atoms with van der Waals surface area (Å²) in [5, 5.41) is 25.0. The number of nitrogens with two attached hydrogens (primary N) is 3. The Morgan fingerprint density at radius 3 is 2.43 bits per heavy atom. The zero-order chi connectivity index (χ0) is 33.4. The molecule has 4 rings (SSSR count). The molecule has 7 atom stereocenters. The first-order chi connectivity index (χ1) is 22.0. The molecule has 46 heavy (non-hydrogen) atoms. The van der Waals surface area contributed by atoms with Crippen LogP contribution in [0.5, 0.6) is 0 Å². The SMILES string of the molecule is NC(N)=NCCC[C@@H](N)C(=O)N1[C@H](C(=O)N2C[C@H](O)C[C@H]2C(=O)NCC(=O)N[C@@H](Cc2ccccc2)C(=O)O)C[C@@H]2CCCC[C@@H]21. The first-order valence-electron chi connectivity index (χ1n) is 15.9. The van der Waals surface area contributed by atoms with E-state index in [-0.39, 0.29) is 43.2 Å². The Balaban J connectivity index is 1.40. The maximum atomic E-state index is 14.1. The van der Waals surface area contributed by atoms with Crippen LogP contribution in [0.25, 0.3) is 0 Å². The summed E-state index contributed by atoms with van der Waals surface area (Å²) in [6.07, 6.45) is 3.86. The smallest absolute Gasteiger partial charge is 0.326 e. The molecule has 0 unspecified atom stereocenters. The molecule has 4 amide bonds. The molecule has 1 saturated carbocycles. The van der Waals surface area contributed by atoms with Crippen LogP contribution in [-0.2, 0) is 30.4 Å². The number of carbonyl (C=O) groups excluding carboxylic acids is 4. The fourth-order valence-corrected chi connectivity index (χ4v) is 6.91. The van der Waals surface area contributed by atoms with Gasteiger partial charge in [0.15, 0.2) is 5.96 Å². The van der Waals surface area contributed by atoms with Gasteiger partial charge in [-0.3, -0.25) is 24.2 Å². The quantitative estimate of drug-likeness (QED) is 0.0739. The number of carboxylic acid groups (broad SMARTS) is 1. The second-order valence-electron chi connectivity index (χ2n) is 12.4. The van der Waals surface area contributed by atoms with Gasteiger partial charge >= 0.3 is 5.97 Å². The van der Waals surface area contributed by atoms with Crippen molar-refractivity contribution in [2.45, 2.75) is 94.1 Å². The second-order valence-corrected chi connectivity index (χ2v) is 12.4. The Labute approximate surface area is 267 Å². The van der Waals surface area contributed by atoms with Gasteiger partial charge in [-0.1, -0.05) is 43.2 Å². The summed E-state index contributed by atoms with van der Waals surface area (Å²) in [5.74, 6) is -3.28. The van der Waals surface area contributed by atoms with E-state index in [1.807, 2.05) is 0 Å². The summed E-state index contributed by atoms with van der Waals surface area (Å²) < 4.78 is 0. The van der Waals surface area contributed by atoms with Crippen molar-refractivity contribution in [2.75, 3.05) is 19.6 Å². The number of nitrogens with zero attached hydrogens (tertiary/aromatic N) is 3. The molecule has 0 bridgehead atoms. The highest BCUT2D eigenvalue weighted by atomic mass is 16.4. The van der Waals surface area contributed by atoms with Gasteiger partial charge in [0.25, 0.3) is 0 Å². The second kappa shape index (κ2) is 15.9. The van der Waals surface area contributed by atoms with Crippen LogP contribution in [0.3, 0.4) is 0 Å². The Kier molecular flexibility index (Phi) is 11.9. The number of likely N-dealkylation sites (tertiary alicyclic amines) is 2. The summed E-state index contributed by atoms with van der Waals surface area (Å²) in [6, 6.07) is 4.72. The number of β-amino-alcohol motifs (C(OH)–C–C–N with tert-alkyl or cyclic N) is 1. The number of amides is 4. The van der Waals surface area contributed by atoms with Crippen molar-refractivity contribution in [1.82, 2.24) is 20.4 Å². The first-order valence-corrected chi connectivity index (χ1v) is 15.9. The van der Waals surface area contributed by atoms with Gasteiger partial charge in [-0.05, 0) is 43.6 Å². The van der Waals surface area contributed by atoms with Gasteiger partial charge < -0.3 is 47.8 Å². The standard InChI is InChI=1S/C31H46N8O7/c32-21(10-6-12-35-31(33)34)28(43)39-23-11-5-4-9-19(23)14-25(39)29(44)38-17-20(40)15-24(38)27(42)36-16-26(41)37-22(30(45)46)13-18-7-2-1-3-8-18/h1-3,7-8,19-25,40H,4-6,9-17,32H2,(H,36,42)(H,37,41)(H,45,46)(H4,33,34,35)/t19-,20+,21+,22-,23-,24-,25-/m0/s1. The molecule has 0 radical (unpaired) electrons. The number of nitrogens with one attached hydrogen (secondary N) is 2. The summed E-state index contributed by atoms with van der Waals surface area (Å²) in [4.78, 5) is 72.2. The maximum absolute atomic E-state index is 14.1. The Bertz CT molecular complexity index is 1290. The number of hydrogen-bond acceptors (Lipinski definition) is 8. The monoisotopic (exact) mass is 642 g/mol. The van der Waals surface area contributed by atoms with E-state index in [9.17, 15) is 34.2 Å². The Morgan fingerprint density at radius 2 is 1.74 bits per heavy atom. The predicted octanol–water partition coefficient (Wildman–Crippen LogP) is -1.58. The van der Waals surface area contributed by atoms with Gasteiger partial charge in [0, 0.05) is 32.0 Å². The minimum atomic E-state index is -1.22. The highest BCUT2D eigenvalue weighted by Gasteiger charge is 2.51. The van der Waals surface area contributed by atoms with Crippen LogP contribution in [0.4, 0.5) is 0 Å². The molecule has 3 fully saturated rings. The van der Waals surface area contributed by atoms with Gasteiger partial charge in [0.05, 0.1) is 18.7 Å². The summed E-state index contributed by atoms with van der Waals surface area (Å²) in [5.41, 5.74) is 17.8. The number of aliphatic imine (C=N–C) groups is 1. The molecule has 0 spiro atoms. The molecular formula is C31H46N8O7. The Hall–Kier alpha value is -4.24. The lowest BCUT2D eigenvalue weighted by atomic mass is 9.84. The molecule has 15 nitrogen and oxygen atoms in total. The summed E-state index contributed by atoms with van der Waals surface area (Å²) >= 11 is 0. The first kappa shape index (κ1) is 34.6. The number of aliphatic hydroxyl groups is 1. The van der Waals surface area contributed by atoms with E-state index in [2.05, 4.69) is 15.6 Å². The minimum Gasteiger partial charge on any atom is -0.480 e. The average molecular weight is 643 g/mol. The molecule has 0 aromatic heterocycles. The highest BCUT2D eigenvalue weighted by molar-refractivity contribution is 5.95. The third-order valence-corrected chi connectivity index (χ3v) is 9.12. The van der Waals surface area contributed by atoms with Crippen molar-refractivity contribution < 1.29 is 34.2 Å². The number of rotatable bonds is 13. The summed E-state index contributed by atoms with van der Waals surface area (Å²) in [7, 11) is 0. The average Bonchev–Trinajstić information content (AvgIpc) is 3.62. The zero-order valence-electron chi connectivity index (χ0n) is 25.9. The van der Waals surface area contributed by atoms with E-state index in [1.54, 1.807) is 35.2 Å². The third kappa shape index (κ3) is 8.72. The van der Waals surface area contributed by atoms with Crippen LogP contribution < -0.4 is 27.8 Å². The van der Waals surface area contributed by atoms with Gasteiger partial charge in [-0.2, -0.15) is 0 Å². The van der Waals surface area contributed by atoms with Crippen molar-refractivity contribution >= 4 is 35.6 Å². The predicted molar refractivity (Wildman–Crippen MR) is 168 cm³/mol. The van der Waals surface area contributed by atoms with Crippen molar-refractivity contribution in [3.63, 3.8) is 0 Å². The highest BCUT2D eigenvalue weighted by Crippen LogP contribution is 2.41. The van der Waals surface area contributed by atoms with Gasteiger partial charge in [-0.25, -0.2) is 4.79 Å². The zero-order valence-corrected chi connectivity index (χ0v) is 25.9. The molecule has 2 saturated heterocycles. The van der Waals surface area contributed by atoms with E-state index >= 15 is 0 Å². The van der Waals surface area contributed by atoms with Gasteiger partial charge in [0.2, 0.25) is 23.6 Å². The third-order valence-electron chi connectivity index (χ3n) is 9.12. The van der Waals surface area contributed by atoms with Crippen molar-refractivity contribution in [3.8, 4) is 0 Å².